The second kappa shape index (κ2) is 14.9. The van der Waals surface area contributed by atoms with Crippen molar-refractivity contribution in [2.45, 2.75) is 102 Å². The minimum absolute atomic E-state index is 0.0212. The topological polar surface area (TPSA) is 174 Å². The molecule has 3 amide bonds. The summed E-state index contributed by atoms with van der Waals surface area (Å²) in [7, 11) is -4.67. The van der Waals surface area contributed by atoms with E-state index in [4.69, 9.17) is 9.47 Å². The van der Waals surface area contributed by atoms with Crippen molar-refractivity contribution in [1.82, 2.24) is 9.55 Å². The van der Waals surface area contributed by atoms with E-state index in [-0.39, 0.29) is 23.5 Å². The van der Waals surface area contributed by atoms with E-state index in [1.54, 1.807) is 31.2 Å². The lowest BCUT2D eigenvalue weighted by molar-refractivity contribution is -0.795. The molecular formula is C34H45N4O9S+. The molecule has 0 bridgehead atoms. The maximum atomic E-state index is 14.5. The molecular weight excluding hydrogens is 640 g/mol. The van der Waals surface area contributed by atoms with Crippen molar-refractivity contribution in [1.29, 1.82) is 0 Å². The van der Waals surface area contributed by atoms with Crippen molar-refractivity contribution in [2.24, 2.45) is 0 Å². The normalized spacial score (nSPS) is 20.2. The first-order valence-electron chi connectivity index (χ1n) is 16.1. The SMILES string of the molecule is CCCCCCC(C(=O)[N@@+]1(C(=O)O)C[C@H](Oc2ccc(OC(C)(C)C)cc2)C[C@H]1C)n1cnc(NC(=O)c2ccccc2S(=O)(=O)O)c1. The lowest BCUT2D eigenvalue weighted by Crippen LogP contribution is -2.61. The quantitative estimate of drug-likeness (QED) is 0.105. The smallest absolute Gasteiger partial charge is 0.488 e. The second-order valence-electron chi connectivity index (χ2n) is 13.2. The van der Waals surface area contributed by atoms with E-state index in [0.717, 1.165) is 25.3 Å². The highest BCUT2D eigenvalue weighted by atomic mass is 32.2. The van der Waals surface area contributed by atoms with Gasteiger partial charge in [0, 0.05) is 12.6 Å². The number of carbonyl (C=O) groups is 3. The van der Waals surface area contributed by atoms with Crippen LogP contribution in [0.1, 0.15) is 89.5 Å². The van der Waals surface area contributed by atoms with E-state index in [1.807, 2.05) is 20.8 Å². The van der Waals surface area contributed by atoms with E-state index < -0.39 is 55.6 Å². The molecule has 13 nitrogen and oxygen atoms in total. The Bertz CT molecular complexity index is 1720. The van der Waals surface area contributed by atoms with Crippen LogP contribution < -0.4 is 14.8 Å². The molecule has 48 heavy (non-hydrogen) atoms. The molecule has 2 heterocycles. The first-order chi connectivity index (χ1) is 22.5. The predicted octanol–water partition coefficient (Wildman–Crippen LogP) is 6.33. The Hall–Kier alpha value is -4.27. The van der Waals surface area contributed by atoms with Gasteiger partial charge in [0.25, 0.3) is 16.0 Å². The molecule has 1 aliphatic rings. The number of anilines is 1. The Balaban J connectivity index is 1.57. The third kappa shape index (κ3) is 8.60. The summed E-state index contributed by atoms with van der Waals surface area (Å²) in [5, 5.41) is 13.1. The number of unbranched alkanes of at least 4 members (excludes halogenated alkanes) is 3. The summed E-state index contributed by atoms with van der Waals surface area (Å²) >= 11 is 0. The van der Waals surface area contributed by atoms with Gasteiger partial charge in [-0.25, -0.2) is 9.78 Å². The summed E-state index contributed by atoms with van der Waals surface area (Å²) in [6.07, 6.45) is 5.04. The third-order valence-corrected chi connectivity index (χ3v) is 9.27. The van der Waals surface area contributed by atoms with Gasteiger partial charge in [0.1, 0.15) is 40.6 Å². The van der Waals surface area contributed by atoms with Crippen molar-refractivity contribution < 1.29 is 46.4 Å². The maximum Gasteiger partial charge on any atom is 0.521 e. The van der Waals surface area contributed by atoms with Crippen LogP contribution in [0.3, 0.4) is 0 Å². The number of carboxylic acid groups (broad SMARTS) is 1. The van der Waals surface area contributed by atoms with Gasteiger partial charge in [-0.3, -0.25) is 9.35 Å². The molecule has 1 aliphatic heterocycles. The molecule has 4 atom stereocenters. The van der Waals surface area contributed by atoms with E-state index in [1.165, 1.54) is 35.3 Å². The van der Waals surface area contributed by atoms with Crippen LogP contribution in [-0.2, 0) is 14.9 Å². The van der Waals surface area contributed by atoms with Crippen molar-refractivity contribution in [3.8, 4) is 11.5 Å². The third-order valence-electron chi connectivity index (χ3n) is 8.36. The zero-order chi connectivity index (χ0) is 35.3. The molecule has 1 saturated heterocycles. The van der Waals surface area contributed by atoms with Crippen LogP contribution in [0.5, 0.6) is 11.5 Å². The maximum absolute atomic E-state index is 14.5. The summed E-state index contributed by atoms with van der Waals surface area (Å²) in [4.78, 5) is 44.1. The van der Waals surface area contributed by atoms with Gasteiger partial charge in [-0.15, -0.1) is 0 Å². The van der Waals surface area contributed by atoms with Gasteiger partial charge in [0.2, 0.25) is 0 Å². The van der Waals surface area contributed by atoms with Crippen molar-refractivity contribution in [3.63, 3.8) is 0 Å². The fraction of sp³-hybridized carbons (Fsp3) is 0.471. The second-order valence-corrected chi connectivity index (χ2v) is 14.6. The molecule has 0 spiro atoms. The number of rotatable bonds is 13. The molecule has 2 aromatic carbocycles. The highest BCUT2D eigenvalue weighted by Crippen LogP contribution is 2.36. The highest BCUT2D eigenvalue weighted by Gasteiger charge is 2.59. The lowest BCUT2D eigenvalue weighted by Gasteiger charge is -2.33. The van der Waals surface area contributed by atoms with E-state index in [0.29, 0.717) is 30.8 Å². The molecule has 4 rings (SSSR count). The van der Waals surface area contributed by atoms with Crippen LogP contribution in [-0.4, -0.2) is 74.3 Å². The number of nitrogens with one attached hydrogen (secondary N) is 1. The standard InChI is InChI=1S/C34H44N4O9S/c1-6-7-8-9-13-28(37-20-30(35-22-37)36-31(39)27-12-10-11-14-29(27)48(43,44)45)32(40)38(33(41)42)21-26(19-23(38)2)46-24-15-17-25(18-16-24)47-34(3,4)5/h10-12,14-18,20,22-23,26,28H,6-9,13,19,21H2,1-5H3,(H2-,36,39,41,42,43,44,45)/p+1/t23-,26-,28?,38-/m1/s1. The van der Waals surface area contributed by atoms with Crippen molar-refractivity contribution in [2.75, 3.05) is 11.9 Å². The summed E-state index contributed by atoms with van der Waals surface area (Å²) in [6, 6.07) is 10.7. The fourth-order valence-electron chi connectivity index (χ4n) is 6.09. The predicted molar refractivity (Wildman–Crippen MR) is 178 cm³/mol. The van der Waals surface area contributed by atoms with Crippen molar-refractivity contribution in [3.05, 3.63) is 66.6 Å². The van der Waals surface area contributed by atoms with Gasteiger partial charge in [-0.1, -0.05) is 44.7 Å². The molecule has 1 aromatic heterocycles. The Morgan fingerprint density at radius 2 is 1.73 bits per heavy atom. The summed E-state index contributed by atoms with van der Waals surface area (Å²) < 4.78 is 45.9. The van der Waals surface area contributed by atoms with Gasteiger partial charge >= 0.3 is 12.0 Å². The first-order valence-corrected chi connectivity index (χ1v) is 17.5. The van der Waals surface area contributed by atoms with Crippen molar-refractivity contribution >= 4 is 33.8 Å². The molecule has 0 saturated carbocycles. The molecule has 0 radical (unpaired) electrons. The van der Waals surface area contributed by atoms with Crippen LogP contribution in [0.15, 0.2) is 66.0 Å². The Labute approximate surface area is 281 Å². The number of hydrogen-bond acceptors (Lipinski definition) is 8. The Morgan fingerprint density at radius 1 is 1.06 bits per heavy atom. The molecule has 0 aliphatic carbocycles. The van der Waals surface area contributed by atoms with Gasteiger partial charge < -0.3 is 24.5 Å². The van der Waals surface area contributed by atoms with E-state index in [9.17, 15) is 32.5 Å². The van der Waals surface area contributed by atoms with E-state index >= 15 is 0 Å². The molecule has 3 aromatic rings. The Kier molecular flexibility index (Phi) is 11.3. The number of quaternary nitrogens is 1. The molecule has 3 N–H and O–H groups in total. The van der Waals surface area contributed by atoms with Gasteiger partial charge in [0.15, 0.2) is 11.9 Å². The number of ether oxygens (including phenoxy) is 2. The van der Waals surface area contributed by atoms with Crippen LogP contribution in [0.25, 0.3) is 0 Å². The lowest BCUT2D eigenvalue weighted by atomic mass is 10.0. The largest absolute Gasteiger partial charge is 0.521 e. The van der Waals surface area contributed by atoms with Crippen LogP contribution in [0.4, 0.5) is 10.6 Å². The van der Waals surface area contributed by atoms with Gasteiger partial charge in [-0.05, 0) is 70.5 Å². The van der Waals surface area contributed by atoms with Crippen LogP contribution >= 0.6 is 0 Å². The average Bonchev–Trinajstić information content (AvgIpc) is 3.60. The molecule has 1 fully saturated rings. The molecule has 1 unspecified atom stereocenters. The monoisotopic (exact) mass is 685 g/mol. The van der Waals surface area contributed by atoms with Gasteiger partial charge in [0.05, 0.1) is 11.9 Å². The zero-order valence-corrected chi connectivity index (χ0v) is 28.8. The summed E-state index contributed by atoms with van der Waals surface area (Å²) in [5.41, 5.74) is -0.656. The molecule has 14 heteroatoms. The zero-order valence-electron chi connectivity index (χ0n) is 28.0. The first kappa shape index (κ1) is 36.6. The van der Waals surface area contributed by atoms with Crippen LogP contribution in [0.2, 0.25) is 0 Å². The number of hydrogen-bond donors (Lipinski definition) is 3. The average molecular weight is 686 g/mol. The molecule has 260 valence electrons. The summed E-state index contributed by atoms with van der Waals surface area (Å²) in [6.45, 7) is 9.56. The van der Waals surface area contributed by atoms with E-state index in [2.05, 4.69) is 17.2 Å². The highest BCUT2D eigenvalue weighted by molar-refractivity contribution is 7.86. The number of carbonyl (C=O) groups excluding carboxylic acids is 2. The fourth-order valence-corrected chi connectivity index (χ4v) is 6.78. The van der Waals surface area contributed by atoms with Gasteiger partial charge in [-0.2, -0.15) is 17.7 Å². The van der Waals surface area contributed by atoms with Crippen LogP contribution in [0, 0.1) is 0 Å². The number of imide groups is 1. The summed E-state index contributed by atoms with van der Waals surface area (Å²) in [5.74, 6) is -0.135. The number of amides is 3. The number of imidazole rings is 1. The minimum Gasteiger partial charge on any atom is -0.488 e. The number of likely N-dealkylation sites (tertiary alicyclic amines) is 1. The number of aromatic nitrogens is 2. The minimum atomic E-state index is -4.67. The number of benzene rings is 2. The number of nitrogens with zero attached hydrogens (tertiary/aromatic N) is 3. The Morgan fingerprint density at radius 3 is 2.35 bits per heavy atom.